The first-order chi connectivity index (χ1) is 8.63. The highest BCUT2D eigenvalue weighted by Gasteiger charge is 2.31. The Bertz CT molecular complexity index is 423. The highest BCUT2D eigenvalue weighted by atomic mass is 16.5. The number of ether oxygens (including phenoxy) is 1. The summed E-state index contributed by atoms with van der Waals surface area (Å²) in [6.45, 7) is 6.65. The molecule has 1 aliphatic rings. The smallest absolute Gasteiger partial charge is 0.162 e. The lowest BCUT2D eigenvalue weighted by Gasteiger charge is -2.31. The van der Waals surface area contributed by atoms with Crippen molar-refractivity contribution < 1.29 is 9.53 Å². The summed E-state index contributed by atoms with van der Waals surface area (Å²) < 4.78 is 5.57. The molecule has 2 atom stereocenters. The molecular weight excluding hydrogens is 224 g/mol. The van der Waals surface area contributed by atoms with Gasteiger partial charge in [0.05, 0.1) is 0 Å². The summed E-state index contributed by atoms with van der Waals surface area (Å²) in [4.78, 5) is 12.3. The van der Waals surface area contributed by atoms with Gasteiger partial charge < -0.3 is 4.74 Å². The van der Waals surface area contributed by atoms with Crippen LogP contribution in [-0.2, 0) is 16.0 Å². The molecule has 2 nitrogen and oxygen atoms in total. The SMILES string of the molecule is CCOC(C(=O)CC1Cc2ccccc21)C(C)C. The predicted octanol–water partition coefficient (Wildman–Crippen LogP) is 3.35. The van der Waals surface area contributed by atoms with E-state index in [0.29, 0.717) is 18.9 Å². The van der Waals surface area contributed by atoms with Crippen LogP contribution in [-0.4, -0.2) is 18.5 Å². The van der Waals surface area contributed by atoms with E-state index in [1.54, 1.807) is 0 Å². The molecular formula is C16H22O2. The second kappa shape index (κ2) is 5.66. The number of benzene rings is 1. The maximum Gasteiger partial charge on any atom is 0.162 e. The fraction of sp³-hybridized carbons (Fsp3) is 0.562. The summed E-state index contributed by atoms with van der Waals surface area (Å²) in [6, 6.07) is 8.41. The Morgan fingerprint density at radius 2 is 2.11 bits per heavy atom. The van der Waals surface area contributed by atoms with Crippen LogP contribution >= 0.6 is 0 Å². The van der Waals surface area contributed by atoms with Crippen LogP contribution in [0.25, 0.3) is 0 Å². The minimum absolute atomic E-state index is 0.234. The Morgan fingerprint density at radius 3 is 2.72 bits per heavy atom. The fourth-order valence-corrected chi connectivity index (χ4v) is 2.74. The lowest BCUT2D eigenvalue weighted by atomic mass is 9.74. The quantitative estimate of drug-likeness (QED) is 0.769. The van der Waals surface area contributed by atoms with Crippen molar-refractivity contribution in [2.75, 3.05) is 6.61 Å². The molecule has 0 aliphatic heterocycles. The minimum Gasteiger partial charge on any atom is -0.370 e. The van der Waals surface area contributed by atoms with E-state index in [1.807, 2.05) is 20.8 Å². The van der Waals surface area contributed by atoms with Crippen molar-refractivity contribution in [3.8, 4) is 0 Å². The zero-order chi connectivity index (χ0) is 13.1. The van der Waals surface area contributed by atoms with Gasteiger partial charge in [-0.1, -0.05) is 38.1 Å². The van der Waals surface area contributed by atoms with Crippen LogP contribution in [0.2, 0.25) is 0 Å². The first kappa shape index (κ1) is 13.3. The van der Waals surface area contributed by atoms with E-state index in [4.69, 9.17) is 4.74 Å². The van der Waals surface area contributed by atoms with Gasteiger partial charge >= 0.3 is 0 Å². The molecule has 0 amide bonds. The summed E-state index contributed by atoms with van der Waals surface area (Å²) in [5, 5.41) is 0. The number of carbonyl (C=O) groups is 1. The average molecular weight is 246 g/mol. The van der Waals surface area contributed by atoms with E-state index in [-0.39, 0.29) is 17.8 Å². The van der Waals surface area contributed by atoms with Gasteiger partial charge in [0.1, 0.15) is 6.10 Å². The van der Waals surface area contributed by atoms with Crippen molar-refractivity contribution in [2.45, 2.75) is 45.6 Å². The van der Waals surface area contributed by atoms with E-state index in [1.165, 1.54) is 11.1 Å². The molecule has 0 radical (unpaired) electrons. The van der Waals surface area contributed by atoms with Gasteiger partial charge in [-0.05, 0) is 36.3 Å². The van der Waals surface area contributed by atoms with Gasteiger partial charge in [-0.2, -0.15) is 0 Å². The van der Waals surface area contributed by atoms with Crippen molar-refractivity contribution in [3.63, 3.8) is 0 Å². The normalized spacial score (nSPS) is 19.2. The molecule has 2 rings (SSSR count). The Labute approximate surface area is 109 Å². The number of rotatable bonds is 6. The van der Waals surface area contributed by atoms with E-state index in [9.17, 15) is 4.79 Å². The summed E-state index contributed by atoms with van der Waals surface area (Å²) in [7, 11) is 0. The number of carbonyl (C=O) groups excluding carboxylic acids is 1. The van der Waals surface area contributed by atoms with Crippen LogP contribution < -0.4 is 0 Å². The van der Waals surface area contributed by atoms with Crippen molar-refractivity contribution in [1.29, 1.82) is 0 Å². The van der Waals surface area contributed by atoms with Crippen LogP contribution in [0.4, 0.5) is 0 Å². The third kappa shape index (κ3) is 2.64. The molecule has 1 aliphatic carbocycles. The summed E-state index contributed by atoms with van der Waals surface area (Å²) in [6.07, 6.45) is 1.43. The Kier molecular flexibility index (Phi) is 4.18. The molecule has 0 aromatic heterocycles. The van der Waals surface area contributed by atoms with E-state index in [2.05, 4.69) is 24.3 Å². The second-order valence-corrected chi connectivity index (χ2v) is 5.39. The first-order valence-corrected chi connectivity index (χ1v) is 6.85. The fourth-order valence-electron chi connectivity index (χ4n) is 2.74. The van der Waals surface area contributed by atoms with Crippen LogP contribution in [0.5, 0.6) is 0 Å². The number of hydrogen-bond acceptors (Lipinski definition) is 2. The van der Waals surface area contributed by atoms with Gasteiger partial charge in [0.2, 0.25) is 0 Å². The summed E-state index contributed by atoms with van der Waals surface area (Å²) in [5.74, 6) is 0.925. The molecule has 0 fully saturated rings. The lowest BCUT2D eigenvalue weighted by Crippen LogP contribution is -2.32. The van der Waals surface area contributed by atoms with E-state index >= 15 is 0 Å². The maximum absolute atomic E-state index is 12.3. The Hall–Kier alpha value is -1.15. The zero-order valence-corrected chi connectivity index (χ0v) is 11.5. The Morgan fingerprint density at radius 1 is 1.39 bits per heavy atom. The van der Waals surface area contributed by atoms with Gasteiger partial charge in [0.15, 0.2) is 5.78 Å². The molecule has 2 heteroatoms. The van der Waals surface area contributed by atoms with Crippen molar-refractivity contribution in [3.05, 3.63) is 35.4 Å². The van der Waals surface area contributed by atoms with Crippen molar-refractivity contribution in [2.24, 2.45) is 5.92 Å². The molecule has 0 spiro atoms. The molecule has 98 valence electrons. The molecule has 0 bridgehead atoms. The molecule has 0 saturated heterocycles. The molecule has 0 saturated carbocycles. The topological polar surface area (TPSA) is 26.3 Å². The van der Waals surface area contributed by atoms with Gasteiger partial charge in [-0.25, -0.2) is 0 Å². The van der Waals surface area contributed by atoms with Crippen LogP contribution in [0.3, 0.4) is 0 Å². The molecule has 2 unspecified atom stereocenters. The largest absolute Gasteiger partial charge is 0.370 e. The monoisotopic (exact) mass is 246 g/mol. The number of hydrogen-bond donors (Lipinski definition) is 0. The third-order valence-corrected chi connectivity index (χ3v) is 3.68. The van der Waals surface area contributed by atoms with Crippen molar-refractivity contribution >= 4 is 5.78 Å². The standard InChI is InChI=1S/C16H22O2/c1-4-18-16(11(2)3)15(17)10-13-9-12-7-5-6-8-14(12)13/h5-8,11,13,16H,4,9-10H2,1-3H3. The van der Waals surface area contributed by atoms with Crippen LogP contribution in [0, 0.1) is 5.92 Å². The molecule has 1 aromatic carbocycles. The lowest BCUT2D eigenvalue weighted by molar-refractivity contribution is -0.133. The highest BCUT2D eigenvalue weighted by Crippen LogP contribution is 2.37. The van der Waals surface area contributed by atoms with Crippen molar-refractivity contribution in [1.82, 2.24) is 0 Å². The zero-order valence-electron chi connectivity index (χ0n) is 11.5. The molecule has 18 heavy (non-hydrogen) atoms. The summed E-state index contributed by atoms with van der Waals surface area (Å²) in [5.41, 5.74) is 2.75. The maximum atomic E-state index is 12.3. The number of ketones is 1. The number of fused-ring (bicyclic) bond motifs is 1. The average Bonchev–Trinajstić information content (AvgIpc) is 2.32. The highest BCUT2D eigenvalue weighted by molar-refractivity contribution is 5.84. The third-order valence-electron chi connectivity index (χ3n) is 3.68. The van der Waals surface area contributed by atoms with E-state index < -0.39 is 0 Å². The van der Waals surface area contributed by atoms with Crippen LogP contribution in [0.1, 0.15) is 44.2 Å². The molecule has 1 aromatic rings. The van der Waals surface area contributed by atoms with Gasteiger partial charge in [0.25, 0.3) is 0 Å². The number of Topliss-reactive ketones (excluding diaryl/α,β-unsaturated/α-hetero) is 1. The predicted molar refractivity (Wildman–Crippen MR) is 72.8 cm³/mol. The van der Waals surface area contributed by atoms with Gasteiger partial charge in [-0.15, -0.1) is 0 Å². The van der Waals surface area contributed by atoms with Gasteiger partial charge in [-0.3, -0.25) is 4.79 Å². The van der Waals surface area contributed by atoms with E-state index in [0.717, 1.165) is 6.42 Å². The van der Waals surface area contributed by atoms with Crippen LogP contribution in [0.15, 0.2) is 24.3 Å². The summed E-state index contributed by atoms with van der Waals surface area (Å²) >= 11 is 0. The Balaban J connectivity index is 1.97. The first-order valence-electron chi connectivity index (χ1n) is 6.85. The second-order valence-electron chi connectivity index (χ2n) is 5.39. The molecule has 0 N–H and O–H groups in total. The molecule has 0 heterocycles. The minimum atomic E-state index is -0.234. The van der Waals surface area contributed by atoms with Gasteiger partial charge in [0, 0.05) is 13.0 Å².